The quantitative estimate of drug-likeness (QED) is 0.288. The van der Waals surface area contributed by atoms with Gasteiger partial charge in [-0.15, -0.1) is 22.0 Å². The largest absolute Gasteiger partial charge is 0.494 e. The molecule has 1 heterocycles. The second-order valence-electron chi connectivity index (χ2n) is 6.42. The van der Waals surface area contributed by atoms with Gasteiger partial charge >= 0.3 is 0 Å². The van der Waals surface area contributed by atoms with Crippen LogP contribution in [0.2, 0.25) is 5.02 Å². The van der Waals surface area contributed by atoms with E-state index in [1.165, 1.54) is 10.5 Å². The number of rotatable bonds is 10. The summed E-state index contributed by atoms with van der Waals surface area (Å²) < 4.78 is 7.81. The summed E-state index contributed by atoms with van der Waals surface area (Å²) in [5.74, 6) is 3.68. The van der Waals surface area contributed by atoms with Crippen LogP contribution in [0.3, 0.4) is 0 Å². The molecular formula is C21H24ClN3OS2. The molecule has 1 aromatic heterocycles. The third kappa shape index (κ3) is 6.47. The van der Waals surface area contributed by atoms with Gasteiger partial charge in [0.05, 0.1) is 12.4 Å². The van der Waals surface area contributed by atoms with Gasteiger partial charge in [-0.2, -0.15) is 0 Å². The third-order valence-electron chi connectivity index (χ3n) is 4.17. The number of hydrogen-bond donors (Lipinski definition) is 0. The lowest BCUT2D eigenvalue weighted by Gasteiger charge is -2.06. The van der Waals surface area contributed by atoms with Gasteiger partial charge in [-0.3, -0.25) is 0 Å². The fraction of sp³-hybridized carbons (Fsp3) is 0.333. The van der Waals surface area contributed by atoms with Crippen molar-refractivity contribution in [2.24, 2.45) is 7.05 Å². The van der Waals surface area contributed by atoms with Crippen LogP contribution in [0.1, 0.15) is 24.2 Å². The Morgan fingerprint density at radius 1 is 0.964 bits per heavy atom. The van der Waals surface area contributed by atoms with Crippen LogP contribution >= 0.6 is 35.1 Å². The number of halogens is 1. The summed E-state index contributed by atoms with van der Waals surface area (Å²) in [4.78, 5) is 1.25. The van der Waals surface area contributed by atoms with Crippen LogP contribution in [-0.2, 0) is 12.8 Å². The Labute approximate surface area is 180 Å². The van der Waals surface area contributed by atoms with Crippen LogP contribution in [-0.4, -0.2) is 27.1 Å². The Balaban J connectivity index is 1.35. The molecule has 148 valence electrons. The van der Waals surface area contributed by atoms with Crippen molar-refractivity contribution in [3.05, 3.63) is 64.9 Å². The molecule has 4 nitrogen and oxygen atoms in total. The maximum absolute atomic E-state index is 5.87. The van der Waals surface area contributed by atoms with Crippen LogP contribution in [0, 0.1) is 6.92 Å². The molecule has 0 saturated heterocycles. The van der Waals surface area contributed by atoms with E-state index in [-0.39, 0.29) is 0 Å². The Kier molecular flexibility index (Phi) is 8.13. The van der Waals surface area contributed by atoms with Gasteiger partial charge in [0.1, 0.15) is 11.6 Å². The van der Waals surface area contributed by atoms with Gasteiger partial charge < -0.3 is 9.30 Å². The van der Waals surface area contributed by atoms with Crippen LogP contribution in [0.15, 0.2) is 58.6 Å². The van der Waals surface area contributed by atoms with E-state index < -0.39 is 0 Å². The summed E-state index contributed by atoms with van der Waals surface area (Å²) >= 11 is 9.40. The SMILES string of the molecule is Cc1ccc(SCc2nnc(SCCCCOc3ccc(Cl)cc3)n2C)cc1. The normalized spacial score (nSPS) is 11.0. The van der Waals surface area contributed by atoms with Gasteiger partial charge in [-0.25, -0.2) is 0 Å². The Hall–Kier alpha value is -1.63. The summed E-state index contributed by atoms with van der Waals surface area (Å²) in [5, 5.41) is 10.4. The summed E-state index contributed by atoms with van der Waals surface area (Å²) in [5.41, 5.74) is 1.28. The van der Waals surface area contributed by atoms with E-state index in [1.807, 2.05) is 31.3 Å². The van der Waals surface area contributed by atoms with Gasteiger partial charge in [0.2, 0.25) is 0 Å². The Bertz CT molecular complexity index is 866. The van der Waals surface area contributed by atoms with Gasteiger partial charge in [-0.1, -0.05) is 41.1 Å². The average molecular weight is 434 g/mol. The van der Waals surface area contributed by atoms with Crippen molar-refractivity contribution in [1.82, 2.24) is 14.8 Å². The van der Waals surface area contributed by atoms with Crippen LogP contribution in [0.5, 0.6) is 5.75 Å². The monoisotopic (exact) mass is 433 g/mol. The molecule has 2 aromatic carbocycles. The highest BCUT2D eigenvalue weighted by molar-refractivity contribution is 7.99. The molecule has 0 bridgehead atoms. The number of thioether (sulfide) groups is 2. The van der Waals surface area contributed by atoms with Crippen molar-refractivity contribution in [2.45, 2.75) is 35.6 Å². The van der Waals surface area contributed by atoms with Gasteiger partial charge in [0.15, 0.2) is 5.16 Å². The molecule has 0 fully saturated rings. The minimum absolute atomic E-state index is 0.708. The molecule has 0 aliphatic carbocycles. The number of aryl methyl sites for hydroxylation is 1. The van der Waals surface area contributed by atoms with Crippen LogP contribution in [0.25, 0.3) is 0 Å². The predicted octanol–water partition coefficient (Wildman–Crippen LogP) is 6.02. The Morgan fingerprint density at radius 2 is 1.71 bits per heavy atom. The first-order chi connectivity index (χ1) is 13.6. The number of aromatic nitrogens is 3. The smallest absolute Gasteiger partial charge is 0.190 e. The third-order valence-corrected chi connectivity index (χ3v) is 6.53. The lowest BCUT2D eigenvalue weighted by Crippen LogP contribution is -1.99. The first-order valence-electron chi connectivity index (χ1n) is 9.21. The van der Waals surface area contributed by atoms with Crippen molar-refractivity contribution >= 4 is 35.1 Å². The number of hydrogen-bond acceptors (Lipinski definition) is 5. The molecule has 3 rings (SSSR count). The number of ether oxygens (including phenoxy) is 1. The molecule has 0 radical (unpaired) electrons. The Morgan fingerprint density at radius 3 is 2.46 bits per heavy atom. The molecular weight excluding hydrogens is 410 g/mol. The van der Waals surface area contributed by atoms with E-state index in [1.54, 1.807) is 23.5 Å². The summed E-state index contributed by atoms with van der Waals surface area (Å²) in [7, 11) is 2.04. The first kappa shape index (κ1) is 21.1. The standard InChI is InChI=1S/C21H24ClN3OS2/c1-16-5-11-19(12-6-16)28-15-20-23-24-21(25(20)2)27-14-4-3-13-26-18-9-7-17(22)8-10-18/h5-12H,3-4,13-15H2,1-2H3. The summed E-state index contributed by atoms with van der Waals surface area (Å²) in [6, 6.07) is 16.1. The van der Waals surface area contributed by atoms with E-state index in [0.29, 0.717) is 6.61 Å². The van der Waals surface area contributed by atoms with Gasteiger partial charge in [0, 0.05) is 22.7 Å². The van der Waals surface area contributed by atoms with Crippen molar-refractivity contribution in [3.63, 3.8) is 0 Å². The second-order valence-corrected chi connectivity index (χ2v) is 8.96. The average Bonchev–Trinajstić information content (AvgIpc) is 3.05. The van der Waals surface area contributed by atoms with Gasteiger partial charge in [0.25, 0.3) is 0 Å². The lowest BCUT2D eigenvalue weighted by atomic mass is 10.2. The topological polar surface area (TPSA) is 39.9 Å². The van der Waals surface area contributed by atoms with Gasteiger partial charge in [-0.05, 0) is 56.2 Å². The van der Waals surface area contributed by atoms with Crippen molar-refractivity contribution in [3.8, 4) is 5.75 Å². The molecule has 0 atom stereocenters. The maximum Gasteiger partial charge on any atom is 0.190 e. The summed E-state index contributed by atoms with van der Waals surface area (Å²) in [6.45, 7) is 2.81. The zero-order valence-corrected chi connectivity index (χ0v) is 18.5. The van der Waals surface area contributed by atoms with Crippen molar-refractivity contribution in [1.29, 1.82) is 0 Å². The van der Waals surface area contributed by atoms with Crippen LogP contribution < -0.4 is 4.74 Å². The molecule has 0 amide bonds. The fourth-order valence-corrected chi connectivity index (χ4v) is 4.40. The molecule has 0 unspecified atom stereocenters. The number of unbranched alkanes of at least 4 members (excludes halogenated alkanes) is 1. The zero-order chi connectivity index (χ0) is 19.8. The van der Waals surface area contributed by atoms with Crippen molar-refractivity contribution in [2.75, 3.05) is 12.4 Å². The maximum atomic E-state index is 5.87. The zero-order valence-electron chi connectivity index (χ0n) is 16.1. The highest BCUT2D eigenvalue weighted by Crippen LogP contribution is 2.24. The van der Waals surface area contributed by atoms with Crippen LogP contribution in [0.4, 0.5) is 0 Å². The number of nitrogens with zero attached hydrogens (tertiary/aromatic N) is 3. The molecule has 28 heavy (non-hydrogen) atoms. The van der Waals surface area contributed by atoms with E-state index >= 15 is 0 Å². The van der Waals surface area contributed by atoms with E-state index in [9.17, 15) is 0 Å². The number of benzene rings is 2. The lowest BCUT2D eigenvalue weighted by molar-refractivity contribution is 0.310. The highest BCUT2D eigenvalue weighted by Gasteiger charge is 2.09. The van der Waals surface area contributed by atoms with E-state index in [0.717, 1.165) is 46.1 Å². The molecule has 0 saturated carbocycles. The molecule has 0 spiro atoms. The molecule has 7 heteroatoms. The predicted molar refractivity (Wildman–Crippen MR) is 119 cm³/mol. The molecule has 0 aliphatic rings. The molecule has 0 N–H and O–H groups in total. The van der Waals surface area contributed by atoms with E-state index in [4.69, 9.17) is 16.3 Å². The first-order valence-corrected chi connectivity index (χ1v) is 11.6. The fourth-order valence-electron chi connectivity index (χ4n) is 2.47. The molecule has 3 aromatic rings. The highest BCUT2D eigenvalue weighted by atomic mass is 35.5. The van der Waals surface area contributed by atoms with E-state index in [2.05, 4.69) is 46.0 Å². The minimum Gasteiger partial charge on any atom is -0.494 e. The molecule has 0 aliphatic heterocycles. The second kappa shape index (κ2) is 10.8. The van der Waals surface area contributed by atoms with Crippen molar-refractivity contribution < 1.29 is 4.74 Å². The minimum atomic E-state index is 0.708. The summed E-state index contributed by atoms with van der Waals surface area (Å²) in [6.07, 6.45) is 2.07.